The van der Waals surface area contributed by atoms with Crippen LogP contribution in [-0.4, -0.2) is 6.04 Å². The minimum atomic E-state index is -0.749. The fourth-order valence-electron chi connectivity index (χ4n) is 2.30. The Morgan fingerprint density at radius 2 is 1.67 bits per heavy atom. The van der Waals surface area contributed by atoms with Crippen molar-refractivity contribution in [2.45, 2.75) is 32.4 Å². The lowest BCUT2D eigenvalue weighted by Crippen LogP contribution is -2.15. The van der Waals surface area contributed by atoms with E-state index in [4.69, 9.17) is 0 Å². The molecule has 1 aliphatic rings. The summed E-state index contributed by atoms with van der Waals surface area (Å²) in [5, 5.41) is 3.30. The maximum absolute atomic E-state index is 14.2. The third-order valence-corrected chi connectivity index (χ3v) is 3.74. The second-order valence-electron chi connectivity index (χ2n) is 5.55. The van der Waals surface area contributed by atoms with Crippen LogP contribution in [0.15, 0.2) is 30.3 Å². The molecule has 1 nitrogen and oxygen atoms in total. The molecule has 0 aliphatic heterocycles. The Kier molecular flexibility index (Phi) is 3.72. The smallest absolute Gasteiger partial charge is 0.134 e. The molecule has 1 saturated carbocycles. The number of benzene rings is 2. The van der Waals surface area contributed by atoms with E-state index in [0.29, 0.717) is 18.2 Å². The molecule has 0 heterocycles. The molecule has 110 valence electrons. The van der Waals surface area contributed by atoms with Crippen LogP contribution >= 0.6 is 0 Å². The Balaban J connectivity index is 1.89. The van der Waals surface area contributed by atoms with Gasteiger partial charge in [0.15, 0.2) is 0 Å². The maximum atomic E-state index is 14.2. The minimum Gasteiger partial charge on any atom is -0.310 e. The SMILES string of the molecule is Cc1cc(-c2ccc(CNC3CC3)cc2F)c(F)cc1F. The fraction of sp³-hybridized carbons (Fsp3) is 0.294. The van der Waals surface area contributed by atoms with Crippen LogP contribution in [0.4, 0.5) is 13.2 Å². The van der Waals surface area contributed by atoms with Crippen LogP contribution in [-0.2, 0) is 6.54 Å². The van der Waals surface area contributed by atoms with Gasteiger partial charge < -0.3 is 5.32 Å². The summed E-state index contributed by atoms with van der Waals surface area (Å²) >= 11 is 0. The van der Waals surface area contributed by atoms with Gasteiger partial charge in [0.25, 0.3) is 0 Å². The lowest BCUT2D eigenvalue weighted by molar-refractivity contribution is 0.577. The molecule has 2 aromatic carbocycles. The summed E-state index contributed by atoms with van der Waals surface area (Å²) in [4.78, 5) is 0. The molecule has 2 aromatic rings. The van der Waals surface area contributed by atoms with Gasteiger partial charge in [0.05, 0.1) is 0 Å². The number of aryl methyl sites for hydroxylation is 1. The molecule has 0 atom stereocenters. The van der Waals surface area contributed by atoms with Crippen molar-refractivity contribution in [3.05, 3.63) is 58.9 Å². The van der Waals surface area contributed by atoms with E-state index >= 15 is 0 Å². The summed E-state index contributed by atoms with van der Waals surface area (Å²) in [6.07, 6.45) is 2.33. The molecule has 1 N–H and O–H groups in total. The Labute approximate surface area is 121 Å². The van der Waals surface area contributed by atoms with Gasteiger partial charge >= 0.3 is 0 Å². The molecule has 0 amide bonds. The van der Waals surface area contributed by atoms with Crippen molar-refractivity contribution in [2.24, 2.45) is 0 Å². The minimum absolute atomic E-state index is 0.0908. The summed E-state index contributed by atoms with van der Waals surface area (Å²) in [6.45, 7) is 2.14. The number of hydrogen-bond acceptors (Lipinski definition) is 1. The first-order chi connectivity index (χ1) is 10.0. The van der Waals surface area contributed by atoms with Gasteiger partial charge in [0.2, 0.25) is 0 Å². The number of hydrogen-bond donors (Lipinski definition) is 1. The largest absolute Gasteiger partial charge is 0.310 e. The van der Waals surface area contributed by atoms with Gasteiger partial charge in [-0.15, -0.1) is 0 Å². The van der Waals surface area contributed by atoms with Crippen molar-refractivity contribution in [1.29, 1.82) is 0 Å². The van der Waals surface area contributed by atoms with Crippen LogP contribution in [0.2, 0.25) is 0 Å². The first-order valence-electron chi connectivity index (χ1n) is 7.02. The zero-order valence-electron chi connectivity index (χ0n) is 11.7. The highest BCUT2D eigenvalue weighted by Crippen LogP contribution is 2.28. The highest BCUT2D eigenvalue weighted by molar-refractivity contribution is 5.66. The van der Waals surface area contributed by atoms with E-state index in [9.17, 15) is 13.2 Å². The third-order valence-electron chi connectivity index (χ3n) is 3.74. The van der Waals surface area contributed by atoms with Crippen LogP contribution in [0.1, 0.15) is 24.0 Å². The Morgan fingerprint density at radius 3 is 2.33 bits per heavy atom. The van der Waals surface area contributed by atoms with Crippen LogP contribution in [0, 0.1) is 24.4 Å². The van der Waals surface area contributed by atoms with E-state index in [1.807, 2.05) is 0 Å². The molecule has 1 aliphatic carbocycles. The molecule has 0 unspecified atom stereocenters. The average Bonchev–Trinajstić information content (AvgIpc) is 3.25. The van der Waals surface area contributed by atoms with E-state index in [0.717, 1.165) is 11.6 Å². The molecular formula is C17H16F3N. The Hall–Kier alpha value is -1.81. The summed E-state index contributed by atoms with van der Waals surface area (Å²) in [7, 11) is 0. The van der Waals surface area contributed by atoms with E-state index in [1.54, 1.807) is 12.1 Å². The van der Waals surface area contributed by atoms with Crippen molar-refractivity contribution in [3.63, 3.8) is 0 Å². The van der Waals surface area contributed by atoms with Crippen LogP contribution in [0.5, 0.6) is 0 Å². The third kappa shape index (κ3) is 3.10. The zero-order valence-corrected chi connectivity index (χ0v) is 11.7. The van der Waals surface area contributed by atoms with Crippen molar-refractivity contribution in [2.75, 3.05) is 0 Å². The quantitative estimate of drug-likeness (QED) is 0.884. The number of halogens is 3. The highest BCUT2D eigenvalue weighted by atomic mass is 19.1. The van der Waals surface area contributed by atoms with Gasteiger partial charge in [-0.1, -0.05) is 12.1 Å². The monoisotopic (exact) mass is 291 g/mol. The predicted molar refractivity (Wildman–Crippen MR) is 76.4 cm³/mol. The molecule has 0 spiro atoms. The maximum Gasteiger partial charge on any atom is 0.134 e. The van der Waals surface area contributed by atoms with Gasteiger partial charge in [-0.05, 0) is 43.0 Å². The lowest BCUT2D eigenvalue weighted by atomic mass is 10.0. The lowest BCUT2D eigenvalue weighted by Gasteiger charge is -2.09. The molecule has 4 heteroatoms. The summed E-state index contributed by atoms with van der Waals surface area (Å²) in [6, 6.07) is 7.41. The molecule has 0 saturated heterocycles. The molecule has 0 radical (unpaired) electrons. The second kappa shape index (κ2) is 5.53. The van der Waals surface area contributed by atoms with Crippen LogP contribution in [0.3, 0.4) is 0 Å². The van der Waals surface area contributed by atoms with E-state index in [2.05, 4.69) is 5.32 Å². The van der Waals surface area contributed by atoms with Gasteiger partial charge in [-0.2, -0.15) is 0 Å². The fourth-order valence-corrected chi connectivity index (χ4v) is 2.30. The predicted octanol–water partition coefficient (Wildman–Crippen LogP) is 4.33. The molecular weight excluding hydrogens is 275 g/mol. The van der Waals surface area contributed by atoms with Crippen molar-refractivity contribution >= 4 is 0 Å². The second-order valence-corrected chi connectivity index (χ2v) is 5.55. The molecule has 21 heavy (non-hydrogen) atoms. The van der Waals surface area contributed by atoms with Gasteiger partial charge in [-0.3, -0.25) is 0 Å². The van der Waals surface area contributed by atoms with Crippen LogP contribution < -0.4 is 5.32 Å². The molecule has 0 aromatic heterocycles. The van der Waals surface area contributed by atoms with E-state index < -0.39 is 17.5 Å². The summed E-state index contributed by atoms with van der Waals surface area (Å²) < 4.78 is 41.3. The van der Waals surface area contributed by atoms with E-state index in [-0.39, 0.29) is 11.1 Å². The average molecular weight is 291 g/mol. The molecule has 3 rings (SSSR count). The number of rotatable bonds is 4. The molecule has 1 fully saturated rings. The zero-order chi connectivity index (χ0) is 15.0. The highest BCUT2D eigenvalue weighted by Gasteiger charge is 2.20. The van der Waals surface area contributed by atoms with Gasteiger partial charge in [0.1, 0.15) is 17.5 Å². The summed E-state index contributed by atoms with van der Waals surface area (Å²) in [5.74, 6) is -1.86. The standard InChI is InChI=1S/C17H16F3N/c1-10-6-14(17(20)8-15(10)18)13-5-2-11(7-16(13)19)9-21-12-3-4-12/h2,5-8,12,21H,3-4,9H2,1H3. The summed E-state index contributed by atoms with van der Waals surface area (Å²) in [5.41, 5.74) is 1.37. The topological polar surface area (TPSA) is 12.0 Å². The van der Waals surface area contributed by atoms with Gasteiger partial charge in [-0.25, -0.2) is 13.2 Å². The Morgan fingerprint density at radius 1 is 0.952 bits per heavy atom. The van der Waals surface area contributed by atoms with Crippen molar-refractivity contribution in [1.82, 2.24) is 5.32 Å². The normalized spacial score (nSPS) is 14.5. The van der Waals surface area contributed by atoms with Crippen molar-refractivity contribution < 1.29 is 13.2 Å². The van der Waals surface area contributed by atoms with Crippen LogP contribution in [0.25, 0.3) is 11.1 Å². The van der Waals surface area contributed by atoms with Gasteiger partial charge in [0, 0.05) is 29.8 Å². The Bertz CT molecular complexity index is 678. The molecule has 0 bridgehead atoms. The first kappa shape index (κ1) is 14.1. The van der Waals surface area contributed by atoms with E-state index in [1.165, 1.54) is 31.9 Å². The first-order valence-corrected chi connectivity index (χ1v) is 7.02. The van der Waals surface area contributed by atoms with Crippen molar-refractivity contribution in [3.8, 4) is 11.1 Å². The number of nitrogens with one attached hydrogen (secondary N) is 1.